The van der Waals surface area contributed by atoms with Gasteiger partial charge < -0.3 is 0 Å². The van der Waals surface area contributed by atoms with E-state index in [0.29, 0.717) is 5.52 Å². The fourth-order valence-electron chi connectivity index (χ4n) is 3.72. The van der Waals surface area contributed by atoms with Gasteiger partial charge in [0.25, 0.3) is 0 Å². The van der Waals surface area contributed by atoms with Crippen LogP contribution in [0.3, 0.4) is 0 Å². The summed E-state index contributed by atoms with van der Waals surface area (Å²) >= 11 is 0. The van der Waals surface area contributed by atoms with Gasteiger partial charge in [-0.15, -0.1) is 0 Å². The molecule has 0 saturated heterocycles. The van der Waals surface area contributed by atoms with Gasteiger partial charge in [-0.25, -0.2) is 13.4 Å². The summed E-state index contributed by atoms with van der Waals surface area (Å²) in [6, 6.07) is 30.5. The highest BCUT2D eigenvalue weighted by Crippen LogP contribution is 2.34. The van der Waals surface area contributed by atoms with Crippen molar-refractivity contribution < 1.29 is 8.42 Å². The fraction of sp³-hybridized carbons (Fsp3) is 0.0385. The van der Waals surface area contributed by atoms with Gasteiger partial charge in [-0.2, -0.15) is 0 Å². The maximum Gasteiger partial charge on any atom is 0.223 e. The second-order valence-corrected chi connectivity index (χ2v) is 9.30. The first-order valence-electron chi connectivity index (χ1n) is 9.73. The van der Waals surface area contributed by atoms with E-state index in [1.807, 2.05) is 61.5 Å². The summed E-state index contributed by atoms with van der Waals surface area (Å²) in [5.41, 5.74) is 3.50. The first-order chi connectivity index (χ1) is 14.5. The van der Waals surface area contributed by atoms with Gasteiger partial charge in [0.1, 0.15) is 0 Å². The van der Waals surface area contributed by atoms with Crippen molar-refractivity contribution in [2.45, 2.75) is 16.8 Å². The minimum absolute atomic E-state index is 0.0630. The van der Waals surface area contributed by atoms with Gasteiger partial charge in [0.2, 0.25) is 9.84 Å². The number of sulfone groups is 1. The Morgan fingerprint density at radius 3 is 2.03 bits per heavy atom. The molecule has 5 rings (SSSR count). The topological polar surface area (TPSA) is 47.0 Å². The van der Waals surface area contributed by atoms with Gasteiger partial charge in [-0.05, 0) is 59.2 Å². The molecule has 1 heterocycles. The van der Waals surface area contributed by atoms with Crippen LogP contribution in [0.1, 0.15) is 5.56 Å². The molecule has 3 nitrogen and oxygen atoms in total. The van der Waals surface area contributed by atoms with Crippen LogP contribution in [0.4, 0.5) is 0 Å². The highest BCUT2D eigenvalue weighted by molar-refractivity contribution is 7.91. The molecule has 0 saturated carbocycles. The van der Waals surface area contributed by atoms with Gasteiger partial charge in [-0.3, -0.25) is 0 Å². The van der Waals surface area contributed by atoms with Crippen molar-refractivity contribution in [3.63, 3.8) is 0 Å². The third-order valence-corrected chi connectivity index (χ3v) is 7.00. The van der Waals surface area contributed by atoms with Gasteiger partial charge in [0.05, 0.1) is 10.4 Å². The highest BCUT2D eigenvalue weighted by Gasteiger charge is 2.22. The molecule has 5 aromatic rings. The molecular formula is C26H19NO2S. The van der Waals surface area contributed by atoms with Crippen LogP contribution in [0.5, 0.6) is 0 Å². The summed E-state index contributed by atoms with van der Waals surface area (Å²) < 4.78 is 26.7. The number of aromatic nitrogens is 1. The van der Waals surface area contributed by atoms with Crippen molar-refractivity contribution in [3.8, 4) is 11.1 Å². The molecule has 0 aliphatic carbocycles. The number of rotatable bonds is 3. The largest absolute Gasteiger partial charge is 0.236 e. The Bertz CT molecular complexity index is 1490. The average molecular weight is 410 g/mol. The van der Waals surface area contributed by atoms with Crippen molar-refractivity contribution in [2.24, 2.45) is 0 Å². The Morgan fingerprint density at radius 2 is 1.33 bits per heavy atom. The number of nitrogens with zero attached hydrogens (tertiary/aromatic N) is 1. The monoisotopic (exact) mass is 409 g/mol. The Kier molecular flexibility index (Phi) is 4.37. The first kappa shape index (κ1) is 18.5. The molecule has 146 valence electrons. The number of fused-ring (bicyclic) bond motifs is 2. The van der Waals surface area contributed by atoms with Crippen LogP contribution in [-0.4, -0.2) is 13.4 Å². The maximum absolute atomic E-state index is 13.4. The summed E-state index contributed by atoms with van der Waals surface area (Å²) in [4.78, 5) is 4.84. The smallest absolute Gasteiger partial charge is 0.223 e. The van der Waals surface area contributed by atoms with E-state index in [4.69, 9.17) is 0 Å². The number of benzene rings is 4. The normalized spacial score (nSPS) is 11.8. The van der Waals surface area contributed by atoms with Crippen molar-refractivity contribution in [2.75, 3.05) is 0 Å². The summed E-state index contributed by atoms with van der Waals surface area (Å²) in [6.45, 7) is 1.93. The third-order valence-electron chi connectivity index (χ3n) is 5.34. The predicted octanol–water partition coefficient (Wildman–Crippen LogP) is 6.20. The molecule has 0 fully saturated rings. The molecule has 4 heteroatoms. The van der Waals surface area contributed by atoms with Gasteiger partial charge in [0, 0.05) is 5.39 Å². The van der Waals surface area contributed by atoms with Crippen LogP contribution in [0, 0.1) is 6.92 Å². The van der Waals surface area contributed by atoms with E-state index in [1.54, 1.807) is 30.3 Å². The van der Waals surface area contributed by atoms with Crippen LogP contribution in [0.25, 0.3) is 32.8 Å². The van der Waals surface area contributed by atoms with E-state index in [2.05, 4.69) is 17.1 Å². The minimum atomic E-state index is -3.74. The van der Waals surface area contributed by atoms with Crippen LogP contribution in [-0.2, 0) is 9.84 Å². The zero-order valence-electron chi connectivity index (χ0n) is 16.4. The van der Waals surface area contributed by atoms with Gasteiger partial charge in [0.15, 0.2) is 5.03 Å². The molecule has 0 spiro atoms. The zero-order valence-corrected chi connectivity index (χ0v) is 17.2. The molecule has 0 N–H and O–H groups in total. The van der Waals surface area contributed by atoms with E-state index >= 15 is 0 Å². The molecule has 0 atom stereocenters. The Morgan fingerprint density at radius 1 is 0.700 bits per heavy atom. The second-order valence-electron chi connectivity index (χ2n) is 7.41. The molecule has 0 radical (unpaired) electrons. The molecule has 30 heavy (non-hydrogen) atoms. The predicted molar refractivity (Wildman–Crippen MR) is 121 cm³/mol. The van der Waals surface area contributed by atoms with E-state index in [-0.39, 0.29) is 9.92 Å². The highest BCUT2D eigenvalue weighted by atomic mass is 32.2. The van der Waals surface area contributed by atoms with E-state index < -0.39 is 9.84 Å². The molecule has 0 unspecified atom stereocenters. The lowest BCUT2D eigenvalue weighted by molar-refractivity contribution is 0.593. The lowest BCUT2D eigenvalue weighted by Crippen LogP contribution is -2.05. The van der Waals surface area contributed by atoms with Crippen molar-refractivity contribution in [1.82, 2.24) is 4.98 Å². The maximum atomic E-state index is 13.4. The van der Waals surface area contributed by atoms with Crippen LogP contribution in [0.2, 0.25) is 0 Å². The fourth-order valence-corrected chi connectivity index (χ4v) is 4.95. The van der Waals surface area contributed by atoms with Crippen molar-refractivity contribution in [3.05, 3.63) is 103 Å². The standard InChI is InChI=1S/C26H19NO2S/c1-18-11-13-22(14-12-18)30(28,29)26-17-23(19-7-3-2-4-8-19)24-15-20-9-5-6-10-21(20)16-25(24)27-26/h2-17H,1H3. The van der Waals surface area contributed by atoms with Gasteiger partial charge >= 0.3 is 0 Å². The SMILES string of the molecule is Cc1ccc(S(=O)(=O)c2cc(-c3ccccc3)c3cc4ccccc4cc3n2)cc1. The second kappa shape index (κ2) is 7.08. The third kappa shape index (κ3) is 3.15. The molecule has 0 aliphatic rings. The zero-order chi connectivity index (χ0) is 20.7. The van der Waals surface area contributed by atoms with Crippen LogP contribution in [0.15, 0.2) is 107 Å². The van der Waals surface area contributed by atoms with E-state index in [9.17, 15) is 8.42 Å². The molecule has 4 aromatic carbocycles. The molecule has 0 aliphatic heterocycles. The van der Waals surface area contributed by atoms with Crippen LogP contribution < -0.4 is 0 Å². The Hall–Kier alpha value is -3.50. The Labute approximate surface area is 175 Å². The average Bonchev–Trinajstić information content (AvgIpc) is 2.78. The minimum Gasteiger partial charge on any atom is -0.236 e. The number of pyridine rings is 1. The molecule has 1 aromatic heterocycles. The number of hydrogen-bond donors (Lipinski definition) is 0. The molecule has 0 bridgehead atoms. The summed E-state index contributed by atoms with van der Waals surface area (Å²) in [5, 5.41) is 3.12. The lowest BCUT2D eigenvalue weighted by atomic mass is 9.99. The number of hydrogen-bond acceptors (Lipinski definition) is 3. The first-order valence-corrected chi connectivity index (χ1v) is 11.2. The van der Waals surface area contributed by atoms with Crippen molar-refractivity contribution >= 4 is 31.5 Å². The molecule has 0 amide bonds. The summed E-state index contributed by atoms with van der Waals surface area (Å²) in [5.74, 6) is 0. The van der Waals surface area contributed by atoms with E-state index in [1.165, 1.54) is 0 Å². The molecular weight excluding hydrogens is 390 g/mol. The Balaban J connectivity index is 1.83. The summed E-state index contributed by atoms with van der Waals surface area (Å²) in [7, 11) is -3.74. The van der Waals surface area contributed by atoms with Crippen LogP contribution >= 0.6 is 0 Å². The van der Waals surface area contributed by atoms with Gasteiger partial charge in [-0.1, -0.05) is 72.3 Å². The van der Waals surface area contributed by atoms with Crippen molar-refractivity contribution in [1.29, 1.82) is 0 Å². The lowest BCUT2D eigenvalue weighted by Gasteiger charge is -2.12. The number of aryl methyl sites for hydroxylation is 1. The quantitative estimate of drug-likeness (QED) is 0.334. The summed E-state index contributed by atoms with van der Waals surface area (Å²) in [6.07, 6.45) is 0. The van der Waals surface area contributed by atoms with E-state index in [0.717, 1.165) is 32.8 Å².